The molecule has 0 spiro atoms. The van der Waals surface area contributed by atoms with Gasteiger partial charge in [-0.25, -0.2) is 123 Å². The molecular weight excluding hydrogens is 1460 g/mol. The largest absolute Gasteiger partial charge is 0.302 e. The second kappa shape index (κ2) is 35.2. The molecule has 0 aliphatic rings. The standard InChI is InChI=1S/C40BF28.C35H65N/c42-13-1-5(25(54)37(66)33(62)21(1)50)17(46)29(58)9(13)41(10-14(43)2-6(18(47)30(10)59)26(55)38(67)34(63)22(2)51,11-15(44)3-7(19(48)31(11)60)27(56)39(68)35(64)23(3)52)12-16(45)4-8(20(49)32(12)61)28(57)40(69)36(65)24(4)53;1-4-6-8-10-12-14-16-18-20-22-24-28-32-36(35-31-27-26-30-34(35)3)33-29-25-23-21-19-17-15-13-11-9-7-5-2/h;26-27,30-31H,4-25,28-29,32-33H2,1-3H3/q-1;/p+1. The van der Waals surface area contributed by atoms with Crippen molar-refractivity contribution < 1.29 is 128 Å². The summed E-state index contributed by atoms with van der Waals surface area (Å²) in [5, 5.41) is -25.0. The number of fused-ring (bicyclic) bond motifs is 4. The summed E-state index contributed by atoms with van der Waals surface area (Å²) in [6.45, 7) is 9.56. The van der Waals surface area contributed by atoms with Gasteiger partial charge < -0.3 is 4.90 Å². The number of benzene rings is 9. The van der Waals surface area contributed by atoms with Crippen LogP contribution in [0.3, 0.4) is 0 Å². The topological polar surface area (TPSA) is 4.44 Å². The van der Waals surface area contributed by atoms with E-state index in [-0.39, 0.29) is 0 Å². The van der Waals surface area contributed by atoms with Crippen molar-refractivity contribution in [2.45, 2.75) is 175 Å². The minimum absolute atomic E-state index is 1.32. The highest BCUT2D eigenvalue weighted by Crippen LogP contribution is 2.41. The highest BCUT2D eigenvalue weighted by atomic mass is 19.2. The van der Waals surface area contributed by atoms with Crippen LogP contribution in [0.25, 0.3) is 43.1 Å². The maximum absolute atomic E-state index is 17.4. The molecule has 0 aliphatic carbocycles. The third kappa shape index (κ3) is 15.4. The van der Waals surface area contributed by atoms with Crippen molar-refractivity contribution in [1.82, 2.24) is 0 Å². The van der Waals surface area contributed by atoms with Gasteiger partial charge >= 0.3 is 0 Å². The summed E-state index contributed by atoms with van der Waals surface area (Å²) in [7, 11) is 0. The Balaban J connectivity index is 0.000000328. The van der Waals surface area contributed by atoms with E-state index in [0.29, 0.717) is 0 Å². The second-order valence-electron chi connectivity index (χ2n) is 26.0. The van der Waals surface area contributed by atoms with Crippen LogP contribution < -0.4 is 26.8 Å². The molecular formula is C75H66BF28N. The van der Waals surface area contributed by atoms with Crippen molar-refractivity contribution in [2.75, 3.05) is 13.1 Å². The Bertz CT molecular complexity index is 4230. The van der Waals surface area contributed by atoms with Gasteiger partial charge in [0.1, 0.15) is 58.4 Å². The van der Waals surface area contributed by atoms with Gasteiger partial charge in [0.05, 0.1) is 56.2 Å². The molecule has 0 unspecified atom stereocenters. The van der Waals surface area contributed by atoms with E-state index < -0.39 is 234 Å². The van der Waals surface area contributed by atoms with E-state index in [1.165, 1.54) is 173 Å². The number of unbranched alkanes of at least 4 members (excludes halogenated alkanes) is 22. The Labute approximate surface area is 583 Å². The fraction of sp³-hybridized carbons (Fsp3) is 0.387. The Kier molecular flexibility index (Phi) is 27.7. The van der Waals surface area contributed by atoms with Crippen molar-refractivity contribution in [3.05, 3.63) is 193 Å². The van der Waals surface area contributed by atoms with Crippen molar-refractivity contribution in [2.24, 2.45) is 0 Å². The molecule has 1 nitrogen and oxygen atoms in total. The lowest BCUT2D eigenvalue weighted by atomic mass is 9.12. The first-order valence-electron chi connectivity index (χ1n) is 34.1. The van der Waals surface area contributed by atoms with E-state index in [1.807, 2.05) is 0 Å². The lowest BCUT2D eigenvalue weighted by molar-refractivity contribution is -0.833. The fourth-order valence-corrected chi connectivity index (χ4v) is 14.1. The average molecular weight is 1520 g/mol. The van der Waals surface area contributed by atoms with E-state index in [2.05, 4.69) is 45.0 Å². The van der Waals surface area contributed by atoms with Gasteiger partial charge in [0.25, 0.3) is 0 Å². The van der Waals surface area contributed by atoms with Crippen molar-refractivity contribution >= 4 is 76.8 Å². The SMILES string of the molecule is CCCCCCCCCCCCCC[NH+](CCCCCCCCCCCCCC)c1ccccc1C.Fc1c(F)c(F)c2c(F)c([B-](c3c(F)c(F)c4c(F)c(F)c(F)c(F)c4c3F)(c3c(F)c(F)c4c(F)c(F)c(F)c(F)c4c3F)c3c(F)c(F)c4c(F)c(F)c(F)c(F)c4c3F)c(F)c(F)c2c1F. The van der Waals surface area contributed by atoms with Crippen LogP contribution in [0, 0.1) is 170 Å². The highest BCUT2D eigenvalue weighted by Gasteiger charge is 2.53. The van der Waals surface area contributed by atoms with E-state index >= 15 is 87.8 Å². The number of halogens is 28. The Morgan fingerprint density at radius 1 is 0.210 bits per heavy atom. The molecule has 0 amide bonds. The molecule has 0 bridgehead atoms. The average Bonchev–Trinajstić information content (AvgIpc) is 0.668. The molecule has 0 aromatic heterocycles. The summed E-state index contributed by atoms with van der Waals surface area (Å²) in [6.07, 6.45) is 26.5. The zero-order valence-electron chi connectivity index (χ0n) is 56.4. The van der Waals surface area contributed by atoms with Gasteiger partial charge in [-0.3, -0.25) is 0 Å². The molecule has 105 heavy (non-hydrogen) atoms. The number of quaternary nitrogens is 1. The van der Waals surface area contributed by atoms with Crippen molar-refractivity contribution in [3.63, 3.8) is 0 Å². The number of hydrogen-bond acceptors (Lipinski definition) is 0. The molecule has 0 aliphatic heterocycles. The third-order valence-corrected chi connectivity index (χ3v) is 19.4. The molecule has 0 saturated heterocycles. The van der Waals surface area contributed by atoms with Crippen LogP contribution in [0.15, 0.2) is 24.3 Å². The minimum atomic E-state index is -7.99. The highest BCUT2D eigenvalue weighted by molar-refractivity contribution is 7.20. The fourth-order valence-electron chi connectivity index (χ4n) is 14.1. The maximum atomic E-state index is 17.4. The van der Waals surface area contributed by atoms with Gasteiger partial charge in [-0.05, 0) is 38.7 Å². The van der Waals surface area contributed by atoms with Gasteiger partial charge in [-0.15, -0.1) is 21.9 Å². The van der Waals surface area contributed by atoms with Gasteiger partial charge in [-0.2, -0.15) is 0 Å². The van der Waals surface area contributed by atoms with Crippen molar-refractivity contribution in [1.29, 1.82) is 0 Å². The first-order chi connectivity index (χ1) is 49.8. The monoisotopic (exact) mass is 1520 g/mol. The van der Waals surface area contributed by atoms with Crippen LogP contribution in [0.1, 0.15) is 174 Å². The van der Waals surface area contributed by atoms with Gasteiger partial charge in [0, 0.05) is 5.56 Å². The van der Waals surface area contributed by atoms with E-state index in [9.17, 15) is 35.1 Å². The van der Waals surface area contributed by atoms with Crippen LogP contribution in [-0.4, -0.2) is 19.2 Å². The van der Waals surface area contributed by atoms with Crippen LogP contribution in [0.4, 0.5) is 129 Å². The maximum Gasteiger partial charge on any atom is 0.198 e. The van der Waals surface area contributed by atoms with Crippen LogP contribution >= 0.6 is 0 Å². The van der Waals surface area contributed by atoms with Crippen LogP contribution in [-0.2, 0) is 0 Å². The number of hydrogen-bond donors (Lipinski definition) is 1. The smallest absolute Gasteiger partial charge is 0.198 e. The summed E-state index contributed by atoms with van der Waals surface area (Å²) in [5.41, 5.74) is -12.8. The molecule has 0 fully saturated rings. The zero-order chi connectivity index (χ0) is 77.5. The minimum Gasteiger partial charge on any atom is -0.302 e. The van der Waals surface area contributed by atoms with Gasteiger partial charge in [0.2, 0.25) is 0 Å². The van der Waals surface area contributed by atoms with E-state index in [4.69, 9.17) is 0 Å². The number of rotatable bonds is 31. The molecule has 0 atom stereocenters. The first-order valence-corrected chi connectivity index (χ1v) is 34.1. The molecule has 0 heterocycles. The van der Waals surface area contributed by atoms with Gasteiger partial charge in [-0.1, -0.05) is 160 Å². The summed E-state index contributed by atoms with van der Waals surface area (Å²) < 4.78 is 442. The lowest BCUT2D eigenvalue weighted by Gasteiger charge is -2.45. The number of aryl methyl sites for hydroxylation is 1. The summed E-state index contributed by atoms with van der Waals surface area (Å²) in [6, 6.07) is 9.13. The van der Waals surface area contributed by atoms with E-state index in [0.717, 1.165) is 0 Å². The van der Waals surface area contributed by atoms with E-state index in [1.54, 1.807) is 10.6 Å². The Hall–Kier alpha value is -7.92. The quantitative estimate of drug-likeness (QED) is 0.0145. The third-order valence-electron chi connectivity index (χ3n) is 19.4. The lowest BCUT2D eigenvalue weighted by Crippen LogP contribution is -3.07. The molecule has 1 N–H and O–H groups in total. The van der Waals surface area contributed by atoms with Crippen molar-refractivity contribution in [3.8, 4) is 0 Å². The summed E-state index contributed by atoms with van der Waals surface area (Å²) >= 11 is 0. The second-order valence-corrected chi connectivity index (χ2v) is 26.0. The number of nitrogens with one attached hydrogen (secondary N) is 1. The molecule has 0 radical (unpaired) electrons. The Morgan fingerprint density at radius 2 is 0.381 bits per heavy atom. The van der Waals surface area contributed by atoms with Gasteiger partial charge in [0.15, 0.2) is 116 Å². The molecule has 9 aromatic rings. The molecule has 0 saturated carbocycles. The van der Waals surface area contributed by atoms with Crippen LogP contribution in [0.5, 0.6) is 0 Å². The predicted molar refractivity (Wildman–Crippen MR) is 343 cm³/mol. The first kappa shape index (κ1) is 82.7. The molecule has 570 valence electrons. The zero-order valence-corrected chi connectivity index (χ0v) is 56.4. The summed E-state index contributed by atoms with van der Waals surface area (Å²) in [5.74, 6) is -102. The predicted octanol–water partition coefficient (Wildman–Crippen LogP) is 22.5. The molecule has 30 heteroatoms. The van der Waals surface area contributed by atoms with Crippen LogP contribution in [0.2, 0.25) is 0 Å². The molecule has 9 aromatic carbocycles. The summed E-state index contributed by atoms with van der Waals surface area (Å²) in [4.78, 5) is 1.74. The number of para-hydroxylation sites is 1. The Morgan fingerprint density at radius 3 is 0.581 bits per heavy atom. The molecule has 9 rings (SSSR count). The normalized spacial score (nSPS) is 12.1.